The van der Waals surface area contributed by atoms with Crippen LogP contribution in [0.15, 0.2) is 48.5 Å². The number of benzene rings is 2. The third kappa shape index (κ3) is 6.40. The van der Waals surface area contributed by atoms with Crippen molar-refractivity contribution in [2.45, 2.75) is 13.0 Å². The number of hydrogen-bond acceptors (Lipinski definition) is 4. The molecule has 0 aliphatic heterocycles. The molecule has 5 heteroatoms. The van der Waals surface area contributed by atoms with Crippen molar-refractivity contribution in [2.75, 3.05) is 33.4 Å². The Labute approximate surface area is 148 Å². The first kappa shape index (κ1) is 18.6. The molecule has 0 spiro atoms. The molecule has 0 heterocycles. The van der Waals surface area contributed by atoms with Gasteiger partial charge in [0.1, 0.15) is 30.8 Å². The first-order valence-corrected chi connectivity index (χ1v) is 8.36. The molecule has 130 valence electrons. The van der Waals surface area contributed by atoms with Crippen molar-refractivity contribution in [1.29, 1.82) is 0 Å². The molecule has 24 heavy (non-hydrogen) atoms. The van der Waals surface area contributed by atoms with Crippen molar-refractivity contribution < 1.29 is 14.6 Å². The molecule has 0 saturated carbocycles. The smallest absolute Gasteiger partial charge is 0.138 e. The Bertz CT molecular complexity index is 618. The van der Waals surface area contributed by atoms with Gasteiger partial charge in [0.05, 0.1) is 5.02 Å². The molecule has 4 nitrogen and oxygen atoms in total. The molecule has 0 amide bonds. The van der Waals surface area contributed by atoms with E-state index in [0.29, 0.717) is 23.9 Å². The van der Waals surface area contributed by atoms with E-state index in [4.69, 9.17) is 21.1 Å². The summed E-state index contributed by atoms with van der Waals surface area (Å²) >= 11 is 6.02. The molecule has 0 aliphatic carbocycles. The molecule has 0 bridgehead atoms. The highest BCUT2D eigenvalue weighted by atomic mass is 35.5. The van der Waals surface area contributed by atoms with E-state index in [-0.39, 0.29) is 6.61 Å². The predicted octanol–water partition coefficient (Wildman–Crippen LogP) is 3.40. The molecule has 1 N–H and O–H groups in total. The SMILES string of the molecule is Cc1ccc(OCCN(C)CC(O)COc2ccccc2Cl)cc1. The van der Waals surface area contributed by atoms with E-state index in [2.05, 4.69) is 0 Å². The van der Waals surface area contributed by atoms with Gasteiger partial charge in [0.2, 0.25) is 0 Å². The lowest BCUT2D eigenvalue weighted by molar-refractivity contribution is 0.0723. The number of likely N-dealkylation sites (N-methyl/N-ethyl adjacent to an activating group) is 1. The van der Waals surface area contributed by atoms with Crippen LogP contribution in [0.4, 0.5) is 0 Å². The molecular weight excluding hydrogens is 326 g/mol. The first-order valence-electron chi connectivity index (χ1n) is 7.98. The van der Waals surface area contributed by atoms with Crippen LogP contribution in [0.25, 0.3) is 0 Å². The van der Waals surface area contributed by atoms with Gasteiger partial charge in [-0.2, -0.15) is 0 Å². The second kappa shape index (κ2) is 9.52. The fourth-order valence-corrected chi connectivity index (χ4v) is 2.40. The molecule has 2 aromatic carbocycles. The third-order valence-electron chi connectivity index (χ3n) is 3.55. The maximum atomic E-state index is 10.1. The minimum atomic E-state index is -0.592. The zero-order valence-corrected chi connectivity index (χ0v) is 14.9. The first-order chi connectivity index (χ1) is 11.5. The van der Waals surface area contributed by atoms with E-state index < -0.39 is 6.10 Å². The monoisotopic (exact) mass is 349 g/mol. The second-order valence-corrected chi connectivity index (χ2v) is 6.23. The minimum absolute atomic E-state index is 0.201. The molecule has 2 aromatic rings. The van der Waals surface area contributed by atoms with Gasteiger partial charge in [-0.15, -0.1) is 0 Å². The number of aliphatic hydroxyl groups excluding tert-OH is 1. The summed E-state index contributed by atoms with van der Waals surface area (Å²) in [5, 5.41) is 10.6. The van der Waals surface area contributed by atoms with Crippen molar-refractivity contribution in [2.24, 2.45) is 0 Å². The summed E-state index contributed by atoms with van der Waals surface area (Å²) in [7, 11) is 1.94. The van der Waals surface area contributed by atoms with Crippen LogP contribution in [0.1, 0.15) is 5.56 Å². The lowest BCUT2D eigenvalue weighted by Crippen LogP contribution is -2.35. The average molecular weight is 350 g/mol. The number of aliphatic hydroxyl groups is 1. The predicted molar refractivity (Wildman–Crippen MR) is 97.1 cm³/mol. The van der Waals surface area contributed by atoms with Gasteiger partial charge in [-0.3, -0.25) is 0 Å². The fraction of sp³-hybridized carbons (Fsp3) is 0.368. The highest BCUT2D eigenvalue weighted by Gasteiger charge is 2.10. The van der Waals surface area contributed by atoms with Gasteiger partial charge in [-0.25, -0.2) is 0 Å². The topological polar surface area (TPSA) is 41.9 Å². The Kier molecular flexibility index (Phi) is 7.37. The summed E-state index contributed by atoms with van der Waals surface area (Å²) in [6, 6.07) is 15.2. The van der Waals surface area contributed by atoms with Gasteiger partial charge in [0.25, 0.3) is 0 Å². The maximum Gasteiger partial charge on any atom is 0.138 e. The zero-order valence-electron chi connectivity index (χ0n) is 14.1. The molecule has 0 saturated heterocycles. The molecule has 0 aromatic heterocycles. The fourth-order valence-electron chi connectivity index (χ4n) is 2.21. The number of aryl methyl sites for hydroxylation is 1. The maximum absolute atomic E-state index is 10.1. The van der Waals surface area contributed by atoms with E-state index >= 15 is 0 Å². The summed E-state index contributed by atoms with van der Waals surface area (Å²) in [4.78, 5) is 2.01. The molecule has 1 unspecified atom stereocenters. The molecule has 2 rings (SSSR count). The van der Waals surface area contributed by atoms with E-state index in [1.165, 1.54) is 5.56 Å². The van der Waals surface area contributed by atoms with Crippen LogP contribution >= 0.6 is 11.6 Å². The number of halogens is 1. The minimum Gasteiger partial charge on any atom is -0.492 e. The van der Waals surface area contributed by atoms with Crippen LogP contribution in [0.3, 0.4) is 0 Å². The Balaban J connectivity index is 1.65. The third-order valence-corrected chi connectivity index (χ3v) is 3.87. The van der Waals surface area contributed by atoms with E-state index in [0.717, 1.165) is 12.3 Å². The molecular formula is C19H24ClNO3. The van der Waals surface area contributed by atoms with Crippen molar-refractivity contribution in [3.8, 4) is 11.5 Å². The highest BCUT2D eigenvalue weighted by Crippen LogP contribution is 2.23. The van der Waals surface area contributed by atoms with Crippen molar-refractivity contribution in [3.63, 3.8) is 0 Å². The number of nitrogens with zero attached hydrogens (tertiary/aromatic N) is 1. The largest absolute Gasteiger partial charge is 0.492 e. The van der Waals surface area contributed by atoms with Gasteiger partial charge in [0.15, 0.2) is 0 Å². The van der Waals surface area contributed by atoms with Crippen LogP contribution in [-0.4, -0.2) is 49.5 Å². The lowest BCUT2D eigenvalue weighted by Gasteiger charge is -2.21. The van der Waals surface area contributed by atoms with Gasteiger partial charge in [-0.1, -0.05) is 41.4 Å². The number of hydrogen-bond donors (Lipinski definition) is 1. The standard InChI is InChI=1S/C19H24ClNO3/c1-15-7-9-17(10-8-15)23-12-11-21(2)13-16(22)14-24-19-6-4-3-5-18(19)20/h3-10,16,22H,11-14H2,1-2H3. The quantitative estimate of drug-likeness (QED) is 0.753. The van der Waals surface area contributed by atoms with E-state index in [1.807, 2.05) is 55.3 Å². The van der Waals surface area contributed by atoms with Gasteiger partial charge in [0, 0.05) is 13.1 Å². The van der Waals surface area contributed by atoms with Gasteiger partial charge in [-0.05, 0) is 38.2 Å². The summed E-state index contributed by atoms with van der Waals surface area (Å²) in [6.07, 6.45) is -0.592. The Morgan fingerprint density at radius 1 is 1.08 bits per heavy atom. The molecule has 0 fully saturated rings. The van der Waals surface area contributed by atoms with Gasteiger partial charge >= 0.3 is 0 Å². The van der Waals surface area contributed by atoms with Crippen molar-refractivity contribution in [3.05, 3.63) is 59.1 Å². The zero-order chi connectivity index (χ0) is 17.4. The van der Waals surface area contributed by atoms with Crippen LogP contribution in [0, 0.1) is 6.92 Å². The Hall–Kier alpha value is -1.75. The van der Waals surface area contributed by atoms with Crippen LogP contribution in [0.5, 0.6) is 11.5 Å². The summed E-state index contributed by atoms with van der Waals surface area (Å²) < 4.78 is 11.2. The van der Waals surface area contributed by atoms with E-state index in [1.54, 1.807) is 12.1 Å². The van der Waals surface area contributed by atoms with Crippen LogP contribution < -0.4 is 9.47 Å². The second-order valence-electron chi connectivity index (χ2n) is 5.82. The van der Waals surface area contributed by atoms with Crippen molar-refractivity contribution >= 4 is 11.6 Å². The Morgan fingerprint density at radius 2 is 1.79 bits per heavy atom. The van der Waals surface area contributed by atoms with Crippen LogP contribution in [-0.2, 0) is 0 Å². The molecule has 0 aliphatic rings. The number of para-hydroxylation sites is 1. The Morgan fingerprint density at radius 3 is 2.50 bits per heavy atom. The number of ether oxygens (including phenoxy) is 2. The van der Waals surface area contributed by atoms with E-state index in [9.17, 15) is 5.11 Å². The summed E-state index contributed by atoms with van der Waals surface area (Å²) in [5.74, 6) is 1.44. The average Bonchev–Trinajstić information content (AvgIpc) is 2.56. The number of rotatable bonds is 9. The normalized spacial score (nSPS) is 12.2. The van der Waals surface area contributed by atoms with Crippen molar-refractivity contribution in [1.82, 2.24) is 4.90 Å². The molecule has 1 atom stereocenters. The van der Waals surface area contributed by atoms with Crippen LogP contribution in [0.2, 0.25) is 5.02 Å². The summed E-state index contributed by atoms with van der Waals surface area (Å²) in [6.45, 7) is 4.03. The summed E-state index contributed by atoms with van der Waals surface area (Å²) in [5.41, 5.74) is 1.21. The highest BCUT2D eigenvalue weighted by molar-refractivity contribution is 6.32. The van der Waals surface area contributed by atoms with Gasteiger partial charge < -0.3 is 19.5 Å². The molecule has 0 radical (unpaired) electrons. The lowest BCUT2D eigenvalue weighted by atomic mass is 10.2.